The lowest BCUT2D eigenvalue weighted by Crippen LogP contribution is -2.60. The molecule has 3 rings (SSSR count). The molecule has 0 aliphatic carbocycles. The van der Waals surface area contributed by atoms with Gasteiger partial charge in [0.25, 0.3) is 0 Å². The summed E-state index contributed by atoms with van der Waals surface area (Å²) in [4.78, 5) is 11.6. The summed E-state index contributed by atoms with van der Waals surface area (Å²) >= 11 is 0. The first-order chi connectivity index (χ1) is 12.9. The lowest BCUT2D eigenvalue weighted by molar-refractivity contribution is -0.277. The quantitative estimate of drug-likeness (QED) is 0.473. The number of hydrogen-bond donors (Lipinski definition) is 4. The molecule has 5 unspecified atom stereocenters. The molecule has 0 amide bonds. The number of aliphatic hydroxyl groups excluding tert-OH is 4. The summed E-state index contributed by atoms with van der Waals surface area (Å²) in [5, 5.41) is 39.7. The second kappa shape index (κ2) is 7.71. The minimum absolute atomic E-state index is 0.0130. The maximum absolute atomic E-state index is 11.6. The Hall–Kier alpha value is -2.37. The number of methoxy groups -OCH3 is 2. The summed E-state index contributed by atoms with van der Waals surface area (Å²) in [5.74, 6) is 0.148. The van der Waals surface area contributed by atoms with Crippen molar-refractivity contribution < 1.29 is 43.8 Å². The summed E-state index contributed by atoms with van der Waals surface area (Å²) in [6.45, 7) is -0.605. The Morgan fingerprint density at radius 3 is 2.41 bits per heavy atom. The van der Waals surface area contributed by atoms with Crippen molar-refractivity contribution in [2.75, 3.05) is 20.8 Å². The first-order valence-electron chi connectivity index (χ1n) is 8.07. The van der Waals surface area contributed by atoms with Crippen molar-refractivity contribution in [2.45, 2.75) is 30.7 Å². The van der Waals surface area contributed by atoms with Crippen molar-refractivity contribution in [3.63, 3.8) is 0 Å². The molecule has 10 nitrogen and oxygen atoms in total. The third kappa shape index (κ3) is 3.45. The zero-order chi connectivity index (χ0) is 19.7. The summed E-state index contributed by atoms with van der Waals surface area (Å²) < 4.78 is 26.7. The molecular formula is C17H20O10. The fourth-order valence-corrected chi connectivity index (χ4v) is 2.87. The van der Waals surface area contributed by atoms with Crippen LogP contribution in [0.3, 0.4) is 0 Å². The molecule has 2 aromatic rings. The van der Waals surface area contributed by atoms with Crippen LogP contribution < -0.4 is 19.8 Å². The van der Waals surface area contributed by atoms with Gasteiger partial charge in [-0.3, -0.25) is 0 Å². The summed E-state index contributed by atoms with van der Waals surface area (Å²) in [5.41, 5.74) is -0.518. The summed E-state index contributed by atoms with van der Waals surface area (Å²) in [7, 11) is 2.70. The Morgan fingerprint density at radius 2 is 1.78 bits per heavy atom. The van der Waals surface area contributed by atoms with Gasteiger partial charge in [-0.1, -0.05) is 0 Å². The molecule has 2 heterocycles. The lowest BCUT2D eigenvalue weighted by atomic mass is 9.99. The Bertz CT molecular complexity index is 861. The molecule has 27 heavy (non-hydrogen) atoms. The normalized spacial score (nSPS) is 28.1. The number of benzene rings is 1. The first kappa shape index (κ1) is 19.4. The monoisotopic (exact) mass is 384 g/mol. The van der Waals surface area contributed by atoms with Crippen LogP contribution in [-0.4, -0.2) is 72.0 Å². The van der Waals surface area contributed by atoms with Crippen LogP contribution in [0.15, 0.2) is 27.4 Å². The van der Waals surface area contributed by atoms with E-state index in [0.717, 1.165) is 0 Å². The molecule has 0 saturated carbocycles. The van der Waals surface area contributed by atoms with Gasteiger partial charge in [-0.25, -0.2) is 4.79 Å². The van der Waals surface area contributed by atoms with Gasteiger partial charge >= 0.3 is 5.63 Å². The average Bonchev–Trinajstić information content (AvgIpc) is 2.67. The summed E-state index contributed by atoms with van der Waals surface area (Å²) in [6, 6.07) is 4.28. The molecule has 0 bridgehead atoms. The van der Waals surface area contributed by atoms with Gasteiger partial charge in [0, 0.05) is 11.5 Å². The number of ether oxygens (including phenoxy) is 4. The van der Waals surface area contributed by atoms with E-state index in [1.54, 1.807) is 0 Å². The van der Waals surface area contributed by atoms with Gasteiger partial charge in [0.05, 0.1) is 20.8 Å². The van der Waals surface area contributed by atoms with E-state index in [2.05, 4.69) is 0 Å². The van der Waals surface area contributed by atoms with Crippen LogP contribution in [0.25, 0.3) is 11.0 Å². The highest BCUT2D eigenvalue weighted by atomic mass is 16.7. The molecule has 1 aliphatic rings. The van der Waals surface area contributed by atoms with E-state index >= 15 is 0 Å². The van der Waals surface area contributed by atoms with Crippen molar-refractivity contribution in [3.05, 3.63) is 28.6 Å². The van der Waals surface area contributed by atoms with Crippen molar-refractivity contribution >= 4 is 11.0 Å². The number of aliphatic hydroxyl groups is 4. The van der Waals surface area contributed by atoms with Gasteiger partial charge in [0.15, 0.2) is 11.3 Å². The molecule has 1 aromatic carbocycles. The SMILES string of the molecule is COc1cc2ccc(=O)oc2c(OC)c1OC1OC(CO)C(O)C(O)C1O. The zero-order valence-electron chi connectivity index (χ0n) is 14.6. The topological polar surface area (TPSA) is 148 Å². The van der Waals surface area contributed by atoms with Crippen molar-refractivity contribution in [2.24, 2.45) is 0 Å². The standard InChI is InChI=1S/C17H20O10/c1-23-8-5-7-3-4-10(19)26-14(7)16(24-2)15(8)27-17-13(22)12(21)11(20)9(6-18)25-17/h3-5,9,11-13,17-18,20-22H,6H2,1-2H3. The second-order valence-corrected chi connectivity index (χ2v) is 5.93. The van der Waals surface area contributed by atoms with E-state index in [1.165, 1.54) is 32.4 Å². The molecule has 0 radical (unpaired) electrons. The third-order valence-electron chi connectivity index (χ3n) is 4.29. The Labute approximate surface area is 153 Å². The van der Waals surface area contributed by atoms with Crippen LogP contribution in [0, 0.1) is 0 Å². The molecule has 1 saturated heterocycles. The van der Waals surface area contributed by atoms with E-state index in [1.807, 2.05) is 0 Å². The molecule has 1 aliphatic heterocycles. The van der Waals surface area contributed by atoms with E-state index < -0.39 is 42.9 Å². The van der Waals surface area contributed by atoms with Crippen LogP contribution in [-0.2, 0) is 4.74 Å². The lowest BCUT2D eigenvalue weighted by Gasteiger charge is -2.39. The van der Waals surface area contributed by atoms with Crippen LogP contribution >= 0.6 is 0 Å². The highest BCUT2D eigenvalue weighted by Gasteiger charge is 2.45. The second-order valence-electron chi connectivity index (χ2n) is 5.93. The van der Waals surface area contributed by atoms with E-state index in [4.69, 9.17) is 23.4 Å². The predicted molar refractivity (Wildman–Crippen MR) is 90.0 cm³/mol. The fourth-order valence-electron chi connectivity index (χ4n) is 2.87. The predicted octanol–water partition coefficient (Wildman–Crippen LogP) is -1.01. The number of fused-ring (bicyclic) bond motifs is 1. The Kier molecular flexibility index (Phi) is 5.53. The molecule has 4 N–H and O–H groups in total. The van der Waals surface area contributed by atoms with Crippen LogP contribution in [0.2, 0.25) is 0 Å². The molecule has 148 valence electrons. The van der Waals surface area contributed by atoms with Gasteiger partial charge in [-0.15, -0.1) is 0 Å². The van der Waals surface area contributed by atoms with Gasteiger partial charge in [0.1, 0.15) is 24.4 Å². The highest BCUT2D eigenvalue weighted by Crippen LogP contribution is 2.44. The average molecular weight is 384 g/mol. The molecule has 10 heteroatoms. The largest absolute Gasteiger partial charge is 0.493 e. The Morgan fingerprint density at radius 1 is 1.04 bits per heavy atom. The minimum atomic E-state index is -1.63. The Balaban J connectivity index is 2.06. The smallest absolute Gasteiger partial charge is 0.336 e. The number of hydrogen-bond acceptors (Lipinski definition) is 10. The molecule has 1 fully saturated rings. The third-order valence-corrected chi connectivity index (χ3v) is 4.29. The van der Waals surface area contributed by atoms with Crippen molar-refractivity contribution in [3.8, 4) is 17.2 Å². The number of rotatable bonds is 5. The molecular weight excluding hydrogens is 364 g/mol. The van der Waals surface area contributed by atoms with Gasteiger partial charge in [-0.05, 0) is 12.1 Å². The van der Waals surface area contributed by atoms with Gasteiger partial charge in [-0.2, -0.15) is 0 Å². The van der Waals surface area contributed by atoms with E-state index in [-0.39, 0.29) is 22.8 Å². The van der Waals surface area contributed by atoms with Crippen molar-refractivity contribution in [1.29, 1.82) is 0 Å². The van der Waals surface area contributed by atoms with E-state index in [9.17, 15) is 25.2 Å². The van der Waals surface area contributed by atoms with Crippen molar-refractivity contribution in [1.82, 2.24) is 0 Å². The maximum Gasteiger partial charge on any atom is 0.336 e. The molecule has 0 spiro atoms. The van der Waals surface area contributed by atoms with Crippen LogP contribution in [0.5, 0.6) is 17.2 Å². The van der Waals surface area contributed by atoms with Gasteiger partial charge in [0.2, 0.25) is 17.8 Å². The van der Waals surface area contributed by atoms with Crippen LogP contribution in [0.1, 0.15) is 0 Å². The van der Waals surface area contributed by atoms with E-state index in [0.29, 0.717) is 5.39 Å². The maximum atomic E-state index is 11.6. The zero-order valence-corrected chi connectivity index (χ0v) is 14.6. The molecule has 5 atom stereocenters. The summed E-state index contributed by atoms with van der Waals surface area (Å²) in [6.07, 6.45) is -7.38. The highest BCUT2D eigenvalue weighted by molar-refractivity contribution is 5.88. The van der Waals surface area contributed by atoms with Gasteiger partial charge < -0.3 is 43.8 Å². The fraction of sp³-hybridized carbons (Fsp3) is 0.471. The first-order valence-corrected chi connectivity index (χ1v) is 8.07. The molecule has 1 aromatic heterocycles. The van der Waals surface area contributed by atoms with Crippen LogP contribution in [0.4, 0.5) is 0 Å². The minimum Gasteiger partial charge on any atom is -0.493 e.